The lowest BCUT2D eigenvalue weighted by atomic mass is 10.00. The van der Waals surface area contributed by atoms with Gasteiger partial charge in [-0.1, -0.05) is 12.8 Å². The molecule has 1 fully saturated rings. The minimum absolute atomic E-state index is 0.616. The lowest BCUT2D eigenvalue weighted by molar-refractivity contribution is 0.377. The van der Waals surface area contributed by atoms with Crippen LogP contribution in [0.15, 0.2) is 6.20 Å². The summed E-state index contributed by atoms with van der Waals surface area (Å²) < 4.78 is 2.16. The van der Waals surface area contributed by atoms with Crippen molar-refractivity contribution in [2.45, 2.75) is 45.2 Å². The molecule has 0 spiro atoms. The van der Waals surface area contributed by atoms with Crippen LogP contribution in [0.4, 0.5) is 5.95 Å². The minimum atomic E-state index is 0.616. The highest BCUT2D eigenvalue weighted by Crippen LogP contribution is 2.27. The lowest BCUT2D eigenvalue weighted by Gasteiger charge is -2.20. The Bertz CT molecular complexity index is 377. The van der Waals surface area contributed by atoms with Crippen molar-refractivity contribution < 1.29 is 0 Å². The van der Waals surface area contributed by atoms with Gasteiger partial charge in [-0.15, -0.1) is 0 Å². The predicted octanol–water partition coefficient (Wildman–Crippen LogP) is 2.15. The van der Waals surface area contributed by atoms with Gasteiger partial charge in [0.1, 0.15) is 0 Å². The second kappa shape index (κ2) is 5.74. The van der Waals surface area contributed by atoms with Gasteiger partial charge >= 0.3 is 0 Å². The largest absolute Gasteiger partial charge is 0.348 e. The van der Waals surface area contributed by atoms with E-state index in [9.17, 15) is 0 Å². The second-order valence-corrected chi connectivity index (χ2v) is 5.72. The van der Waals surface area contributed by atoms with Crippen LogP contribution in [0, 0.1) is 5.92 Å². The number of anilines is 1. The molecule has 0 unspecified atom stereocenters. The van der Waals surface area contributed by atoms with E-state index in [1.54, 1.807) is 0 Å². The van der Waals surface area contributed by atoms with Gasteiger partial charge in [0.2, 0.25) is 5.95 Å². The molecule has 1 aliphatic rings. The van der Waals surface area contributed by atoms with E-state index in [-0.39, 0.29) is 0 Å². The third-order valence-electron chi connectivity index (χ3n) is 4.17. The SMILES string of the molecule is C[C@H](NCc1cnc(N(C)C)n1C)C1CCCC1. The Morgan fingerprint density at radius 3 is 2.67 bits per heavy atom. The van der Waals surface area contributed by atoms with Crippen LogP contribution < -0.4 is 10.2 Å². The number of hydrogen-bond acceptors (Lipinski definition) is 3. The van der Waals surface area contributed by atoms with Crippen molar-refractivity contribution in [2.75, 3.05) is 19.0 Å². The summed E-state index contributed by atoms with van der Waals surface area (Å²) in [6, 6.07) is 0.616. The summed E-state index contributed by atoms with van der Waals surface area (Å²) in [6.45, 7) is 3.23. The van der Waals surface area contributed by atoms with Gasteiger partial charge in [-0.05, 0) is 25.7 Å². The van der Waals surface area contributed by atoms with Gasteiger partial charge in [0.05, 0.1) is 11.9 Å². The quantitative estimate of drug-likeness (QED) is 0.869. The number of nitrogens with zero attached hydrogens (tertiary/aromatic N) is 3. The molecule has 0 amide bonds. The molecule has 2 rings (SSSR count). The average molecular weight is 250 g/mol. The molecule has 0 aromatic carbocycles. The third kappa shape index (κ3) is 2.86. The number of aromatic nitrogens is 2. The summed E-state index contributed by atoms with van der Waals surface area (Å²) >= 11 is 0. The molecule has 102 valence electrons. The van der Waals surface area contributed by atoms with E-state index >= 15 is 0 Å². The molecule has 1 aromatic rings. The molecule has 4 nitrogen and oxygen atoms in total. The molecule has 1 aliphatic carbocycles. The van der Waals surface area contributed by atoms with Crippen molar-refractivity contribution in [1.29, 1.82) is 0 Å². The highest BCUT2D eigenvalue weighted by Gasteiger charge is 2.21. The van der Waals surface area contributed by atoms with Crippen molar-refractivity contribution >= 4 is 5.95 Å². The molecular formula is C14H26N4. The first-order chi connectivity index (χ1) is 8.59. The van der Waals surface area contributed by atoms with E-state index in [0.29, 0.717) is 6.04 Å². The Morgan fingerprint density at radius 1 is 1.44 bits per heavy atom. The standard InChI is InChI=1S/C14H26N4/c1-11(12-7-5-6-8-12)15-9-13-10-16-14(17(2)3)18(13)4/h10-12,15H,5-9H2,1-4H3/t11-/m0/s1. The molecule has 1 saturated carbocycles. The van der Waals surface area contributed by atoms with E-state index in [1.807, 2.05) is 25.2 Å². The minimum Gasteiger partial charge on any atom is -0.348 e. The fourth-order valence-corrected chi connectivity index (χ4v) is 2.90. The molecule has 18 heavy (non-hydrogen) atoms. The van der Waals surface area contributed by atoms with Gasteiger partial charge in [0.25, 0.3) is 0 Å². The Kier molecular flexibility index (Phi) is 4.27. The van der Waals surface area contributed by atoms with Gasteiger partial charge in [-0.3, -0.25) is 0 Å². The van der Waals surface area contributed by atoms with E-state index in [2.05, 4.69) is 28.8 Å². The summed E-state index contributed by atoms with van der Waals surface area (Å²) in [5, 5.41) is 3.65. The Balaban J connectivity index is 1.89. The van der Waals surface area contributed by atoms with Crippen LogP contribution >= 0.6 is 0 Å². The maximum atomic E-state index is 4.44. The number of rotatable bonds is 5. The Labute approximate surface area is 110 Å². The zero-order chi connectivity index (χ0) is 13.1. The molecule has 1 atom stereocenters. The predicted molar refractivity (Wildman–Crippen MR) is 75.8 cm³/mol. The van der Waals surface area contributed by atoms with Crippen LogP contribution in [0.1, 0.15) is 38.3 Å². The fourth-order valence-electron chi connectivity index (χ4n) is 2.90. The van der Waals surface area contributed by atoms with Gasteiger partial charge in [-0.25, -0.2) is 4.98 Å². The number of nitrogens with one attached hydrogen (secondary N) is 1. The average Bonchev–Trinajstić information content (AvgIpc) is 2.95. The molecule has 0 aliphatic heterocycles. The van der Waals surface area contributed by atoms with Crippen molar-refractivity contribution in [3.8, 4) is 0 Å². The van der Waals surface area contributed by atoms with Crippen molar-refractivity contribution in [2.24, 2.45) is 13.0 Å². The van der Waals surface area contributed by atoms with Crippen molar-refractivity contribution in [3.05, 3.63) is 11.9 Å². The maximum Gasteiger partial charge on any atom is 0.204 e. The Hall–Kier alpha value is -1.03. The van der Waals surface area contributed by atoms with E-state index in [4.69, 9.17) is 0 Å². The second-order valence-electron chi connectivity index (χ2n) is 5.72. The van der Waals surface area contributed by atoms with Gasteiger partial charge in [0.15, 0.2) is 0 Å². The van der Waals surface area contributed by atoms with E-state index in [1.165, 1.54) is 31.4 Å². The first-order valence-electron chi connectivity index (χ1n) is 7.01. The fraction of sp³-hybridized carbons (Fsp3) is 0.786. The normalized spacial score (nSPS) is 18.2. The van der Waals surface area contributed by atoms with Crippen molar-refractivity contribution in [3.63, 3.8) is 0 Å². The lowest BCUT2D eigenvalue weighted by Crippen LogP contribution is -2.32. The topological polar surface area (TPSA) is 33.1 Å². The first-order valence-corrected chi connectivity index (χ1v) is 7.01. The highest BCUT2D eigenvalue weighted by molar-refractivity contribution is 5.30. The highest BCUT2D eigenvalue weighted by atomic mass is 15.3. The summed E-state index contributed by atoms with van der Waals surface area (Å²) in [6.07, 6.45) is 7.58. The third-order valence-corrected chi connectivity index (χ3v) is 4.17. The molecule has 0 bridgehead atoms. The summed E-state index contributed by atoms with van der Waals surface area (Å²) in [5.74, 6) is 1.88. The zero-order valence-corrected chi connectivity index (χ0v) is 12.1. The van der Waals surface area contributed by atoms with Crippen LogP contribution in [-0.4, -0.2) is 29.7 Å². The smallest absolute Gasteiger partial charge is 0.204 e. The summed E-state index contributed by atoms with van der Waals surface area (Å²) in [4.78, 5) is 6.49. The monoisotopic (exact) mass is 250 g/mol. The first kappa shape index (κ1) is 13.4. The Morgan fingerprint density at radius 2 is 2.11 bits per heavy atom. The summed E-state index contributed by atoms with van der Waals surface area (Å²) in [5.41, 5.74) is 1.25. The molecule has 0 saturated heterocycles. The van der Waals surface area contributed by atoms with Crippen LogP contribution in [0.25, 0.3) is 0 Å². The maximum absolute atomic E-state index is 4.44. The van der Waals surface area contributed by atoms with Gasteiger partial charge in [0, 0.05) is 33.7 Å². The van der Waals surface area contributed by atoms with Crippen molar-refractivity contribution in [1.82, 2.24) is 14.9 Å². The molecular weight excluding hydrogens is 224 g/mol. The summed E-state index contributed by atoms with van der Waals surface area (Å²) in [7, 11) is 6.14. The van der Waals surface area contributed by atoms with Gasteiger partial charge < -0.3 is 14.8 Å². The van der Waals surface area contributed by atoms with Crippen LogP contribution in [-0.2, 0) is 13.6 Å². The molecule has 1 N–H and O–H groups in total. The van der Waals surface area contributed by atoms with Crippen LogP contribution in [0.2, 0.25) is 0 Å². The van der Waals surface area contributed by atoms with E-state index < -0.39 is 0 Å². The number of hydrogen-bond donors (Lipinski definition) is 1. The van der Waals surface area contributed by atoms with Crippen LogP contribution in [0.5, 0.6) is 0 Å². The van der Waals surface area contributed by atoms with Crippen LogP contribution in [0.3, 0.4) is 0 Å². The molecule has 1 heterocycles. The van der Waals surface area contributed by atoms with E-state index in [0.717, 1.165) is 18.4 Å². The molecule has 1 aromatic heterocycles. The molecule has 0 radical (unpaired) electrons. The zero-order valence-electron chi connectivity index (χ0n) is 12.1. The molecule has 4 heteroatoms. The van der Waals surface area contributed by atoms with Gasteiger partial charge in [-0.2, -0.15) is 0 Å². The number of imidazole rings is 1.